The lowest BCUT2D eigenvalue weighted by molar-refractivity contribution is -0.114. The normalized spacial score (nSPS) is 13.8. The van der Waals surface area contributed by atoms with Crippen molar-refractivity contribution >= 4 is 33.0 Å². The first-order valence-corrected chi connectivity index (χ1v) is 13.4. The molecule has 0 saturated carbocycles. The van der Waals surface area contributed by atoms with E-state index >= 15 is 0 Å². The minimum absolute atomic E-state index is 0.115. The predicted octanol–water partition coefficient (Wildman–Crippen LogP) is 4.06. The van der Waals surface area contributed by atoms with Crippen molar-refractivity contribution in [2.24, 2.45) is 0 Å². The number of amides is 1. The van der Waals surface area contributed by atoms with E-state index in [0.29, 0.717) is 36.9 Å². The lowest BCUT2D eigenvalue weighted by Crippen LogP contribution is -2.38. The van der Waals surface area contributed by atoms with Crippen LogP contribution >= 0.6 is 0 Å². The molecule has 1 aliphatic heterocycles. The van der Waals surface area contributed by atoms with E-state index in [-0.39, 0.29) is 11.4 Å². The average molecular weight is 510 g/mol. The van der Waals surface area contributed by atoms with Crippen molar-refractivity contribution in [1.82, 2.24) is 0 Å². The maximum Gasteiger partial charge on any atom is 0.264 e. The van der Waals surface area contributed by atoms with Gasteiger partial charge in [-0.25, -0.2) is 8.42 Å². The van der Waals surface area contributed by atoms with Crippen LogP contribution < -0.4 is 19.3 Å². The topological polar surface area (TPSA) is 88.2 Å². The molecule has 0 spiro atoms. The molecule has 0 aromatic heterocycles. The van der Waals surface area contributed by atoms with Crippen LogP contribution in [-0.2, 0) is 19.6 Å². The smallest absolute Gasteiger partial charge is 0.264 e. The van der Waals surface area contributed by atoms with Crippen molar-refractivity contribution < 1.29 is 22.7 Å². The van der Waals surface area contributed by atoms with Gasteiger partial charge in [0.05, 0.1) is 30.4 Å². The predicted molar refractivity (Wildman–Crippen MR) is 141 cm³/mol. The summed E-state index contributed by atoms with van der Waals surface area (Å²) in [6, 6.07) is 20.8. The first kappa shape index (κ1) is 25.5. The van der Waals surface area contributed by atoms with E-state index < -0.39 is 15.9 Å². The SMILES string of the molecule is CCOc1ccc(N(CC(=O)Nc2ccc(N3CCOCC3)cc2)S(=O)(=O)c2ccc(C)cc2)cc1. The lowest BCUT2D eigenvalue weighted by Gasteiger charge is -2.29. The molecule has 1 N–H and O–H groups in total. The third kappa shape index (κ3) is 6.16. The average Bonchev–Trinajstić information content (AvgIpc) is 2.89. The molecule has 9 heteroatoms. The van der Waals surface area contributed by atoms with E-state index in [1.165, 1.54) is 0 Å². The van der Waals surface area contributed by atoms with E-state index in [0.717, 1.165) is 28.6 Å². The van der Waals surface area contributed by atoms with Crippen LogP contribution in [-0.4, -0.2) is 53.8 Å². The van der Waals surface area contributed by atoms with Crippen molar-refractivity contribution in [3.63, 3.8) is 0 Å². The summed E-state index contributed by atoms with van der Waals surface area (Å²) in [5, 5.41) is 2.82. The number of benzene rings is 3. The van der Waals surface area contributed by atoms with Gasteiger partial charge in [-0.05, 0) is 74.5 Å². The fraction of sp³-hybridized carbons (Fsp3) is 0.296. The largest absolute Gasteiger partial charge is 0.494 e. The molecule has 0 aliphatic carbocycles. The highest BCUT2D eigenvalue weighted by Crippen LogP contribution is 2.26. The van der Waals surface area contributed by atoms with Gasteiger partial charge in [0.1, 0.15) is 12.3 Å². The van der Waals surface area contributed by atoms with Crippen LogP contribution in [0.15, 0.2) is 77.7 Å². The highest BCUT2D eigenvalue weighted by Gasteiger charge is 2.27. The highest BCUT2D eigenvalue weighted by molar-refractivity contribution is 7.92. The molecule has 1 amide bonds. The summed E-state index contributed by atoms with van der Waals surface area (Å²) in [6.45, 7) is 6.90. The zero-order valence-corrected chi connectivity index (χ0v) is 21.3. The number of ether oxygens (including phenoxy) is 2. The number of carbonyl (C=O) groups is 1. The van der Waals surface area contributed by atoms with Gasteiger partial charge in [0.25, 0.3) is 10.0 Å². The van der Waals surface area contributed by atoms with Crippen molar-refractivity contribution in [2.45, 2.75) is 18.7 Å². The molecule has 1 aliphatic rings. The molecule has 190 valence electrons. The molecular formula is C27H31N3O5S. The Bertz CT molecular complexity index is 1250. The zero-order chi connectivity index (χ0) is 25.5. The van der Waals surface area contributed by atoms with Gasteiger partial charge < -0.3 is 19.7 Å². The Morgan fingerprint density at radius 3 is 2.22 bits per heavy atom. The lowest BCUT2D eigenvalue weighted by atomic mass is 10.2. The molecule has 0 radical (unpaired) electrons. The van der Waals surface area contributed by atoms with Crippen LogP contribution in [0.2, 0.25) is 0 Å². The molecule has 3 aromatic rings. The third-order valence-corrected chi connectivity index (χ3v) is 7.65. The number of nitrogens with zero attached hydrogens (tertiary/aromatic N) is 2. The van der Waals surface area contributed by atoms with Gasteiger partial charge in [0.2, 0.25) is 5.91 Å². The summed E-state index contributed by atoms with van der Waals surface area (Å²) >= 11 is 0. The van der Waals surface area contributed by atoms with Crippen LogP contribution in [0.3, 0.4) is 0 Å². The molecule has 0 bridgehead atoms. The van der Waals surface area contributed by atoms with Crippen molar-refractivity contribution in [3.05, 3.63) is 78.4 Å². The third-order valence-electron chi connectivity index (χ3n) is 5.86. The highest BCUT2D eigenvalue weighted by atomic mass is 32.2. The van der Waals surface area contributed by atoms with Crippen LogP contribution in [0.4, 0.5) is 17.1 Å². The molecule has 1 heterocycles. The second-order valence-electron chi connectivity index (χ2n) is 8.45. The van der Waals surface area contributed by atoms with Crippen LogP contribution in [0.1, 0.15) is 12.5 Å². The van der Waals surface area contributed by atoms with E-state index in [9.17, 15) is 13.2 Å². The minimum atomic E-state index is -3.99. The van der Waals surface area contributed by atoms with Gasteiger partial charge in [-0.3, -0.25) is 9.10 Å². The maximum absolute atomic E-state index is 13.6. The fourth-order valence-electron chi connectivity index (χ4n) is 3.94. The van der Waals surface area contributed by atoms with Crippen LogP contribution in [0.5, 0.6) is 5.75 Å². The monoisotopic (exact) mass is 509 g/mol. The molecule has 4 rings (SSSR count). The first-order valence-electron chi connectivity index (χ1n) is 11.9. The standard InChI is InChI=1S/C27H31N3O5S/c1-3-35-25-12-10-24(11-13-25)30(36(32,33)26-14-4-21(2)5-15-26)20-27(31)28-22-6-8-23(9-7-22)29-16-18-34-19-17-29/h4-15H,3,16-20H2,1-2H3,(H,28,31). The summed E-state index contributed by atoms with van der Waals surface area (Å²) in [6.07, 6.45) is 0. The van der Waals surface area contributed by atoms with Gasteiger partial charge >= 0.3 is 0 Å². The Morgan fingerprint density at radius 2 is 1.61 bits per heavy atom. The number of carbonyl (C=O) groups excluding carboxylic acids is 1. The number of sulfonamides is 1. The molecule has 0 unspecified atom stereocenters. The van der Waals surface area contributed by atoms with E-state index in [2.05, 4.69) is 10.2 Å². The Morgan fingerprint density at radius 1 is 0.972 bits per heavy atom. The van der Waals surface area contributed by atoms with Crippen LogP contribution in [0, 0.1) is 6.92 Å². The fourth-order valence-corrected chi connectivity index (χ4v) is 5.36. The summed E-state index contributed by atoms with van der Waals surface area (Å²) in [5.74, 6) is 0.178. The van der Waals surface area contributed by atoms with Crippen molar-refractivity contribution in [3.8, 4) is 5.75 Å². The molecule has 1 fully saturated rings. The molecule has 8 nitrogen and oxygen atoms in total. The van der Waals surface area contributed by atoms with E-state index in [4.69, 9.17) is 9.47 Å². The molecule has 0 atom stereocenters. The Hall–Kier alpha value is -3.56. The van der Waals surface area contributed by atoms with Gasteiger partial charge in [0.15, 0.2) is 0 Å². The number of anilines is 3. The maximum atomic E-state index is 13.6. The minimum Gasteiger partial charge on any atom is -0.494 e. The molecule has 1 saturated heterocycles. The first-order chi connectivity index (χ1) is 17.4. The second-order valence-corrected chi connectivity index (χ2v) is 10.3. The summed E-state index contributed by atoms with van der Waals surface area (Å²) in [5.41, 5.74) is 2.96. The Balaban J connectivity index is 1.54. The van der Waals surface area contributed by atoms with Crippen molar-refractivity contribution in [1.29, 1.82) is 0 Å². The van der Waals surface area contributed by atoms with Gasteiger partial charge in [0, 0.05) is 24.5 Å². The summed E-state index contributed by atoms with van der Waals surface area (Å²) < 4.78 is 39.1. The van der Waals surface area contributed by atoms with Gasteiger partial charge in [-0.15, -0.1) is 0 Å². The number of nitrogens with one attached hydrogen (secondary N) is 1. The number of morpholine rings is 1. The quantitative estimate of drug-likeness (QED) is 0.468. The summed E-state index contributed by atoms with van der Waals surface area (Å²) in [4.78, 5) is 15.4. The molecule has 3 aromatic carbocycles. The second kappa shape index (κ2) is 11.5. The molecule has 36 heavy (non-hydrogen) atoms. The number of hydrogen-bond acceptors (Lipinski definition) is 6. The number of rotatable bonds is 9. The van der Waals surface area contributed by atoms with Gasteiger partial charge in [-0.2, -0.15) is 0 Å². The van der Waals surface area contributed by atoms with E-state index in [1.807, 2.05) is 38.1 Å². The van der Waals surface area contributed by atoms with Crippen molar-refractivity contribution in [2.75, 3.05) is 54.0 Å². The summed E-state index contributed by atoms with van der Waals surface area (Å²) in [7, 11) is -3.99. The van der Waals surface area contributed by atoms with E-state index in [1.54, 1.807) is 48.5 Å². The number of hydrogen-bond donors (Lipinski definition) is 1. The Labute approximate surface area is 212 Å². The van der Waals surface area contributed by atoms with Gasteiger partial charge in [-0.1, -0.05) is 17.7 Å². The Kier molecular flexibility index (Phi) is 8.12. The molecular weight excluding hydrogens is 478 g/mol. The number of aryl methyl sites for hydroxylation is 1. The van der Waals surface area contributed by atoms with Crippen LogP contribution in [0.25, 0.3) is 0 Å². The zero-order valence-electron chi connectivity index (χ0n) is 20.5.